The molecule has 1 aromatic heterocycles. The zero-order chi connectivity index (χ0) is 12.3. The molecule has 0 aliphatic rings. The highest BCUT2D eigenvalue weighted by atomic mass is 127. The highest BCUT2D eigenvalue weighted by Crippen LogP contribution is 2.29. The Labute approximate surface area is 111 Å². The Morgan fingerprint density at radius 3 is 2.56 bits per heavy atom. The van der Waals surface area contributed by atoms with E-state index < -0.39 is 18.8 Å². The summed E-state index contributed by atoms with van der Waals surface area (Å²) in [5.41, 5.74) is 0.731. The van der Waals surface area contributed by atoms with E-state index in [4.69, 9.17) is 5.11 Å². The average Bonchev–Trinajstić information content (AvgIpc) is 2.16. The van der Waals surface area contributed by atoms with Crippen molar-refractivity contribution in [3.8, 4) is 5.88 Å². The molecule has 1 heterocycles. The fourth-order valence-corrected chi connectivity index (χ4v) is 2.67. The molecule has 1 aromatic rings. The minimum Gasteiger partial charge on any atom is -0.391 e. The van der Waals surface area contributed by atoms with E-state index in [9.17, 15) is 13.2 Å². The van der Waals surface area contributed by atoms with Gasteiger partial charge in [0.2, 0.25) is 5.88 Å². The largest absolute Gasteiger partial charge is 0.574 e. The minimum atomic E-state index is -4.81. The van der Waals surface area contributed by atoms with Gasteiger partial charge in [0, 0.05) is 15.1 Å². The predicted octanol–water partition coefficient (Wildman–Crippen LogP) is 2.97. The van der Waals surface area contributed by atoms with Crippen molar-refractivity contribution >= 4 is 38.5 Å². The second kappa shape index (κ2) is 5.50. The van der Waals surface area contributed by atoms with Gasteiger partial charge in [-0.15, -0.1) is 13.2 Å². The normalized spacial score (nSPS) is 11.6. The second-order valence-corrected chi connectivity index (χ2v) is 4.36. The van der Waals surface area contributed by atoms with Gasteiger partial charge in [0.05, 0.1) is 12.2 Å². The Morgan fingerprint density at radius 1 is 1.50 bits per heavy atom. The van der Waals surface area contributed by atoms with E-state index in [0.29, 0.717) is 14.5 Å². The van der Waals surface area contributed by atoms with Crippen LogP contribution < -0.4 is 4.74 Å². The van der Waals surface area contributed by atoms with Crippen LogP contribution in [0.4, 0.5) is 13.2 Å². The maximum atomic E-state index is 12.0. The van der Waals surface area contributed by atoms with Gasteiger partial charge in [-0.1, -0.05) is 15.9 Å². The summed E-state index contributed by atoms with van der Waals surface area (Å²) in [6.07, 6.45) is -3.54. The number of alkyl halides is 4. The van der Waals surface area contributed by atoms with Crippen molar-refractivity contribution in [3.63, 3.8) is 0 Å². The summed E-state index contributed by atoms with van der Waals surface area (Å²) in [4.78, 5) is 3.53. The summed E-state index contributed by atoms with van der Waals surface area (Å²) in [7, 11) is 0. The van der Waals surface area contributed by atoms with Crippen LogP contribution in [-0.2, 0) is 11.9 Å². The second-order valence-electron chi connectivity index (χ2n) is 2.72. The van der Waals surface area contributed by atoms with E-state index in [1.807, 2.05) is 22.6 Å². The number of halogens is 5. The zero-order valence-electron chi connectivity index (χ0n) is 7.68. The molecule has 0 unspecified atom stereocenters. The molecule has 8 heteroatoms. The van der Waals surface area contributed by atoms with Gasteiger partial charge < -0.3 is 9.84 Å². The number of rotatable bonds is 3. The molecule has 0 spiro atoms. The number of pyridine rings is 1. The maximum absolute atomic E-state index is 12.0. The highest BCUT2D eigenvalue weighted by molar-refractivity contribution is 14.1. The molecular weight excluding hydrogens is 406 g/mol. The lowest BCUT2D eigenvalue weighted by Gasteiger charge is -2.13. The van der Waals surface area contributed by atoms with E-state index in [2.05, 4.69) is 25.7 Å². The van der Waals surface area contributed by atoms with Crippen LogP contribution in [0.1, 0.15) is 11.1 Å². The molecule has 0 radical (unpaired) electrons. The number of nitrogens with zero attached hydrogens (tertiary/aromatic N) is 1. The average molecular weight is 412 g/mol. The quantitative estimate of drug-likeness (QED) is 0.614. The van der Waals surface area contributed by atoms with Gasteiger partial charge in [-0.05, 0) is 28.2 Å². The first kappa shape index (κ1) is 14.0. The zero-order valence-corrected chi connectivity index (χ0v) is 11.4. The first-order valence-corrected chi connectivity index (χ1v) is 6.18. The lowest BCUT2D eigenvalue weighted by Crippen LogP contribution is -2.19. The Hall–Kier alpha value is -0.0900. The molecule has 0 aromatic carbocycles. The topological polar surface area (TPSA) is 42.4 Å². The third-order valence-corrected chi connectivity index (χ3v) is 3.61. The Balaban J connectivity index is 3.16. The molecule has 16 heavy (non-hydrogen) atoms. The molecule has 0 aliphatic carbocycles. The molecule has 0 fully saturated rings. The van der Waals surface area contributed by atoms with Crippen LogP contribution in [0.15, 0.2) is 6.20 Å². The molecule has 0 amide bonds. The van der Waals surface area contributed by atoms with E-state index in [-0.39, 0.29) is 5.56 Å². The predicted molar refractivity (Wildman–Crippen MR) is 62.2 cm³/mol. The molecule has 0 aliphatic heterocycles. The van der Waals surface area contributed by atoms with Gasteiger partial charge in [0.15, 0.2) is 0 Å². The SMILES string of the molecule is OCc1c(OC(F)(F)F)ncc(CBr)c1I. The molecule has 1 N–H and O–H groups in total. The number of aliphatic hydroxyl groups excluding tert-OH is 1. The maximum Gasteiger partial charge on any atom is 0.574 e. The van der Waals surface area contributed by atoms with Crippen LogP contribution >= 0.6 is 38.5 Å². The molecule has 3 nitrogen and oxygen atoms in total. The summed E-state index contributed by atoms with van der Waals surface area (Å²) >= 11 is 5.01. The van der Waals surface area contributed by atoms with Crippen LogP contribution in [0.3, 0.4) is 0 Å². The monoisotopic (exact) mass is 411 g/mol. The van der Waals surface area contributed by atoms with Gasteiger partial charge in [0.1, 0.15) is 0 Å². The molecule has 0 saturated carbocycles. The van der Waals surface area contributed by atoms with E-state index >= 15 is 0 Å². The number of aromatic nitrogens is 1. The van der Waals surface area contributed by atoms with Gasteiger partial charge in [-0.2, -0.15) is 0 Å². The van der Waals surface area contributed by atoms with Crippen molar-refractivity contribution in [2.75, 3.05) is 0 Å². The van der Waals surface area contributed by atoms with Crippen molar-refractivity contribution in [2.45, 2.75) is 18.3 Å². The smallest absolute Gasteiger partial charge is 0.391 e. The van der Waals surface area contributed by atoms with E-state index in [1.165, 1.54) is 6.20 Å². The van der Waals surface area contributed by atoms with Crippen molar-refractivity contribution in [2.24, 2.45) is 0 Å². The number of hydrogen-bond donors (Lipinski definition) is 1. The summed E-state index contributed by atoms with van der Waals surface area (Å²) in [6, 6.07) is 0. The number of ether oxygens (including phenoxy) is 1. The first-order chi connectivity index (χ1) is 7.39. The highest BCUT2D eigenvalue weighted by Gasteiger charge is 2.33. The molecule has 0 bridgehead atoms. The van der Waals surface area contributed by atoms with Crippen LogP contribution in [0, 0.1) is 3.57 Å². The van der Waals surface area contributed by atoms with Crippen molar-refractivity contribution in [3.05, 3.63) is 20.9 Å². The fourth-order valence-electron chi connectivity index (χ4n) is 0.987. The molecule has 0 atom stereocenters. The summed E-state index contributed by atoms with van der Waals surface area (Å²) < 4.78 is 40.3. The first-order valence-electron chi connectivity index (χ1n) is 3.98. The molecule has 0 saturated heterocycles. The summed E-state index contributed by atoms with van der Waals surface area (Å²) in [5, 5.41) is 9.45. The Bertz CT molecular complexity index is 386. The van der Waals surface area contributed by atoms with Crippen LogP contribution in [-0.4, -0.2) is 16.5 Å². The lowest BCUT2D eigenvalue weighted by atomic mass is 10.2. The van der Waals surface area contributed by atoms with Gasteiger partial charge in [0.25, 0.3) is 0 Å². The van der Waals surface area contributed by atoms with E-state index in [1.54, 1.807) is 0 Å². The molecule has 1 rings (SSSR count). The van der Waals surface area contributed by atoms with Gasteiger partial charge in [-0.3, -0.25) is 0 Å². The van der Waals surface area contributed by atoms with Crippen LogP contribution in [0.2, 0.25) is 0 Å². The third kappa shape index (κ3) is 3.45. The van der Waals surface area contributed by atoms with Gasteiger partial charge in [-0.25, -0.2) is 4.98 Å². The summed E-state index contributed by atoms with van der Waals surface area (Å²) in [6.45, 7) is -0.558. The van der Waals surface area contributed by atoms with Crippen LogP contribution in [0.25, 0.3) is 0 Å². The van der Waals surface area contributed by atoms with Crippen molar-refractivity contribution in [1.82, 2.24) is 4.98 Å². The van der Waals surface area contributed by atoms with Crippen molar-refractivity contribution < 1.29 is 23.0 Å². The third-order valence-electron chi connectivity index (χ3n) is 1.66. The van der Waals surface area contributed by atoms with Crippen molar-refractivity contribution in [1.29, 1.82) is 0 Å². The lowest BCUT2D eigenvalue weighted by molar-refractivity contribution is -0.276. The minimum absolute atomic E-state index is 0.0369. The summed E-state index contributed by atoms with van der Waals surface area (Å²) in [5.74, 6) is -0.607. The fraction of sp³-hybridized carbons (Fsp3) is 0.375. The van der Waals surface area contributed by atoms with Gasteiger partial charge >= 0.3 is 6.36 Å². The molecular formula is C8H6BrF3INO2. The number of aliphatic hydroxyl groups is 1. The van der Waals surface area contributed by atoms with E-state index in [0.717, 1.165) is 0 Å². The Kier molecular flexibility index (Phi) is 4.80. The van der Waals surface area contributed by atoms with Crippen LogP contribution in [0.5, 0.6) is 5.88 Å². The molecule has 90 valence electrons. The Morgan fingerprint density at radius 2 is 2.12 bits per heavy atom. The standard InChI is InChI=1S/C8H6BrF3INO2/c9-1-4-2-14-7(16-8(10,11)12)5(3-15)6(4)13/h2,15H,1,3H2. The number of hydrogen-bond acceptors (Lipinski definition) is 3.